The third kappa shape index (κ3) is 4.85. The normalized spacial score (nSPS) is 13.1. The minimum atomic E-state index is -0.0896. The summed E-state index contributed by atoms with van der Waals surface area (Å²) in [7, 11) is 0. The Morgan fingerprint density at radius 2 is 0.782 bits per heavy atom. The average molecular weight is 699 g/mol. The minimum Gasteiger partial charge on any atom is -0.0616 e. The predicted octanol–water partition coefficient (Wildman–Crippen LogP) is 15.3. The Morgan fingerprint density at radius 3 is 1.49 bits per heavy atom. The van der Waals surface area contributed by atoms with Crippen molar-refractivity contribution in [1.82, 2.24) is 0 Å². The van der Waals surface area contributed by atoms with Gasteiger partial charge in [0.1, 0.15) is 0 Å². The number of fused-ring (bicyclic) bond motifs is 7. The second-order valence-electron chi connectivity index (χ2n) is 15.6. The molecule has 0 nitrogen and oxygen atoms in total. The van der Waals surface area contributed by atoms with Gasteiger partial charge in [0.15, 0.2) is 0 Å². The van der Waals surface area contributed by atoms with Gasteiger partial charge in [-0.15, -0.1) is 0 Å². The third-order valence-electron chi connectivity index (χ3n) is 12.2. The summed E-state index contributed by atoms with van der Waals surface area (Å²) in [6, 6.07) is 72.2. The van der Waals surface area contributed by atoms with Gasteiger partial charge in [-0.25, -0.2) is 0 Å². The molecule has 258 valence electrons. The number of rotatable bonds is 4. The van der Waals surface area contributed by atoms with Crippen LogP contribution in [0.3, 0.4) is 0 Å². The molecule has 0 saturated carbocycles. The van der Waals surface area contributed by atoms with E-state index in [1.165, 1.54) is 110 Å². The van der Waals surface area contributed by atoms with Crippen molar-refractivity contribution in [3.8, 4) is 55.6 Å². The molecule has 0 radical (unpaired) electrons. The van der Waals surface area contributed by atoms with E-state index in [0.717, 1.165) is 0 Å². The first-order valence-corrected chi connectivity index (χ1v) is 19.3. The maximum Gasteiger partial charge on any atom is 0.0159 e. The molecule has 10 aromatic carbocycles. The van der Waals surface area contributed by atoms with Gasteiger partial charge in [-0.3, -0.25) is 0 Å². The fourth-order valence-corrected chi connectivity index (χ4v) is 9.59. The van der Waals surface area contributed by atoms with E-state index in [2.05, 4.69) is 208 Å². The maximum atomic E-state index is 2.43. The van der Waals surface area contributed by atoms with E-state index in [4.69, 9.17) is 0 Å². The van der Waals surface area contributed by atoms with Crippen LogP contribution in [0.1, 0.15) is 25.0 Å². The Kier molecular flexibility index (Phi) is 7.00. The largest absolute Gasteiger partial charge is 0.0616 e. The number of benzene rings is 10. The molecule has 0 unspecified atom stereocenters. The minimum absolute atomic E-state index is 0.0896. The molecule has 55 heavy (non-hydrogen) atoms. The van der Waals surface area contributed by atoms with Gasteiger partial charge in [0.25, 0.3) is 0 Å². The van der Waals surface area contributed by atoms with E-state index in [0.29, 0.717) is 0 Å². The first-order chi connectivity index (χ1) is 27.0. The van der Waals surface area contributed by atoms with E-state index in [1.54, 1.807) is 0 Å². The van der Waals surface area contributed by atoms with Gasteiger partial charge in [-0.05, 0) is 134 Å². The van der Waals surface area contributed by atoms with E-state index in [1.807, 2.05) is 0 Å². The summed E-state index contributed by atoms with van der Waals surface area (Å²) in [4.78, 5) is 0. The first kappa shape index (κ1) is 31.7. The highest BCUT2D eigenvalue weighted by Gasteiger charge is 2.37. The second-order valence-corrected chi connectivity index (χ2v) is 15.6. The SMILES string of the molecule is CC1(C)c2cc3ccccc3cc2-c2c(-c3cccc(-c4c5ccccc5c(-c5ccccc5-c5ccc6ccccc6c5)c5ccccc45)c3)cccc21. The standard InChI is InChI=1S/C55H38/c1-55(2)50-28-14-27-43(54(50)49-33-37-17-5-6-18-38(37)34-51(49)55)39-19-13-20-41(32-39)52-45-23-9-11-25-47(45)53(48-26-12-10-24-46(48)52)44-22-8-7-21-42(44)40-30-29-35-15-3-4-16-36(35)31-40/h3-34H,1-2H3. The molecular formula is C55H38. The van der Waals surface area contributed by atoms with Crippen molar-refractivity contribution in [3.63, 3.8) is 0 Å². The molecule has 0 amide bonds. The lowest BCUT2D eigenvalue weighted by molar-refractivity contribution is 0.661. The van der Waals surface area contributed by atoms with Gasteiger partial charge in [0, 0.05) is 5.41 Å². The third-order valence-corrected chi connectivity index (χ3v) is 12.2. The van der Waals surface area contributed by atoms with Crippen LogP contribution in [-0.4, -0.2) is 0 Å². The van der Waals surface area contributed by atoms with Crippen molar-refractivity contribution < 1.29 is 0 Å². The quantitative estimate of drug-likeness (QED) is 0.161. The van der Waals surface area contributed by atoms with Crippen LogP contribution in [-0.2, 0) is 5.41 Å². The van der Waals surface area contributed by atoms with Crippen molar-refractivity contribution in [2.45, 2.75) is 19.3 Å². The van der Waals surface area contributed by atoms with Crippen LogP contribution in [0.15, 0.2) is 194 Å². The van der Waals surface area contributed by atoms with Gasteiger partial charge >= 0.3 is 0 Å². The van der Waals surface area contributed by atoms with Gasteiger partial charge in [-0.1, -0.05) is 184 Å². The smallest absolute Gasteiger partial charge is 0.0159 e. The molecule has 11 rings (SSSR count). The molecule has 0 aliphatic heterocycles. The molecule has 0 aromatic heterocycles. The molecule has 10 aromatic rings. The number of hydrogen-bond acceptors (Lipinski definition) is 0. The van der Waals surface area contributed by atoms with Gasteiger partial charge < -0.3 is 0 Å². The lowest BCUT2D eigenvalue weighted by Gasteiger charge is -2.22. The molecule has 0 bridgehead atoms. The van der Waals surface area contributed by atoms with Crippen LogP contribution in [0, 0.1) is 0 Å². The highest BCUT2D eigenvalue weighted by Crippen LogP contribution is 2.54. The number of hydrogen-bond donors (Lipinski definition) is 0. The van der Waals surface area contributed by atoms with Crippen LogP contribution in [0.25, 0.3) is 98.7 Å². The van der Waals surface area contributed by atoms with E-state index < -0.39 is 0 Å². The molecule has 0 saturated heterocycles. The molecule has 1 aliphatic carbocycles. The highest BCUT2D eigenvalue weighted by molar-refractivity contribution is 6.22. The summed E-state index contributed by atoms with van der Waals surface area (Å²) in [5.41, 5.74) is 15.5. The van der Waals surface area contributed by atoms with Crippen molar-refractivity contribution >= 4 is 43.1 Å². The summed E-state index contributed by atoms with van der Waals surface area (Å²) in [6.07, 6.45) is 0. The topological polar surface area (TPSA) is 0 Å². The zero-order valence-electron chi connectivity index (χ0n) is 31.0. The molecule has 0 spiro atoms. The Labute approximate surface area is 322 Å². The van der Waals surface area contributed by atoms with Gasteiger partial charge in [0.2, 0.25) is 0 Å². The van der Waals surface area contributed by atoms with Crippen LogP contribution >= 0.6 is 0 Å². The van der Waals surface area contributed by atoms with Crippen LogP contribution < -0.4 is 0 Å². The fraction of sp³-hybridized carbons (Fsp3) is 0.0545. The first-order valence-electron chi connectivity index (χ1n) is 19.3. The Balaban J connectivity index is 1.13. The van der Waals surface area contributed by atoms with E-state index in [9.17, 15) is 0 Å². The zero-order valence-corrected chi connectivity index (χ0v) is 31.0. The fourth-order valence-electron chi connectivity index (χ4n) is 9.59. The van der Waals surface area contributed by atoms with E-state index in [-0.39, 0.29) is 5.41 Å². The van der Waals surface area contributed by atoms with Crippen molar-refractivity contribution in [3.05, 3.63) is 205 Å². The van der Waals surface area contributed by atoms with Crippen LogP contribution in [0.2, 0.25) is 0 Å². The molecule has 0 fully saturated rings. The Bertz CT molecular complexity index is 3120. The lowest BCUT2D eigenvalue weighted by Crippen LogP contribution is -2.14. The maximum absolute atomic E-state index is 2.43. The molecular weight excluding hydrogens is 661 g/mol. The Hall–Kier alpha value is -6.76. The van der Waals surface area contributed by atoms with Gasteiger partial charge in [0.05, 0.1) is 0 Å². The summed E-state index contributed by atoms with van der Waals surface area (Å²) in [5.74, 6) is 0. The average Bonchev–Trinajstić information content (AvgIpc) is 3.46. The predicted molar refractivity (Wildman–Crippen MR) is 236 cm³/mol. The highest BCUT2D eigenvalue weighted by atomic mass is 14.4. The summed E-state index contributed by atoms with van der Waals surface area (Å²) < 4.78 is 0. The monoisotopic (exact) mass is 698 g/mol. The zero-order chi connectivity index (χ0) is 36.7. The van der Waals surface area contributed by atoms with Crippen molar-refractivity contribution in [2.24, 2.45) is 0 Å². The summed E-state index contributed by atoms with van der Waals surface area (Å²) in [5, 5.41) is 10.1. The van der Waals surface area contributed by atoms with E-state index >= 15 is 0 Å². The van der Waals surface area contributed by atoms with Crippen molar-refractivity contribution in [1.29, 1.82) is 0 Å². The molecule has 0 N–H and O–H groups in total. The van der Waals surface area contributed by atoms with Crippen molar-refractivity contribution in [2.75, 3.05) is 0 Å². The summed E-state index contributed by atoms with van der Waals surface area (Å²) >= 11 is 0. The Morgan fingerprint density at radius 1 is 0.273 bits per heavy atom. The second kappa shape index (κ2) is 12.1. The molecule has 1 aliphatic rings. The summed E-state index contributed by atoms with van der Waals surface area (Å²) in [6.45, 7) is 4.76. The molecule has 0 atom stereocenters. The van der Waals surface area contributed by atoms with Gasteiger partial charge in [-0.2, -0.15) is 0 Å². The molecule has 0 heterocycles. The van der Waals surface area contributed by atoms with Crippen LogP contribution in [0.5, 0.6) is 0 Å². The lowest BCUT2D eigenvalue weighted by atomic mass is 9.81. The molecule has 0 heteroatoms. The van der Waals surface area contributed by atoms with Crippen LogP contribution in [0.4, 0.5) is 0 Å².